The Hall–Kier alpha value is -2.98. The van der Waals surface area contributed by atoms with E-state index in [1.165, 1.54) is 22.5 Å². The first-order chi connectivity index (χ1) is 14.3. The number of hydrogen-bond donors (Lipinski definition) is 2. The summed E-state index contributed by atoms with van der Waals surface area (Å²) in [6.07, 6.45) is 1.17. The molecule has 2 amide bonds. The van der Waals surface area contributed by atoms with E-state index in [2.05, 4.69) is 15.6 Å². The number of ether oxygens (including phenoxy) is 1. The van der Waals surface area contributed by atoms with E-state index in [1.807, 2.05) is 13.0 Å². The van der Waals surface area contributed by atoms with Gasteiger partial charge in [-0.3, -0.25) is 9.59 Å². The van der Waals surface area contributed by atoms with Crippen LogP contribution in [0.3, 0.4) is 0 Å². The van der Waals surface area contributed by atoms with Crippen LogP contribution in [0.25, 0.3) is 0 Å². The molecule has 0 saturated carbocycles. The van der Waals surface area contributed by atoms with Gasteiger partial charge in [0.1, 0.15) is 11.6 Å². The summed E-state index contributed by atoms with van der Waals surface area (Å²) in [4.78, 5) is 28.5. The second-order valence-corrected chi connectivity index (χ2v) is 9.29. The Morgan fingerprint density at radius 2 is 2.13 bits per heavy atom. The van der Waals surface area contributed by atoms with Gasteiger partial charge >= 0.3 is 0 Å². The molecule has 1 aromatic carbocycles. The summed E-state index contributed by atoms with van der Waals surface area (Å²) in [6, 6.07) is 9.70. The number of nitrogens with one attached hydrogen (secondary N) is 2. The van der Waals surface area contributed by atoms with Crippen molar-refractivity contribution in [1.82, 2.24) is 9.29 Å². The number of pyridine rings is 1. The van der Waals surface area contributed by atoms with Gasteiger partial charge in [0.15, 0.2) is 6.61 Å². The Morgan fingerprint density at radius 3 is 2.93 bits per heavy atom. The molecule has 4 rings (SSSR count). The number of hydrogen-bond acceptors (Lipinski definition) is 6. The number of anilines is 2. The van der Waals surface area contributed by atoms with Gasteiger partial charge in [-0.15, -0.1) is 0 Å². The van der Waals surface area contributed by atoms with Gasteiger partial charge in [0, 0.05) is 18.8 Å². The molecule has 2 aliphatic rings. The number of fused-ring (bicyclic) bond motifs is 1. The lowest BCUT2D eigenvalue weighted by molar-refractivity contribution is -0.121. The number of aryl methyl sites for hydroxylation is 1. The maximum absolute atomic E-state index is 13.2. The molecule has 0 radical (unpaired) electrons. The van der Waals surface area contributed by atoms with Crippen LogP contribution < -0.4 is 15.4 Å². The smallest absolute Gasteiger partial charge is 0.262 e. The van der Waals surface area contributed by atoms with Crippen molar-refractivity contribution in [3.05, 3.63) is 42.1 Å². The summed E-state index contributed by atoms with van der Waals surface area (Å²) in [5, 5.41) is 5.39. The summed E-state index contributed by atoms with van der Waals surface area (Å²) in [7, 11) is -3.83. The van der Waals surface area contributed by atoms with Crippen LogP contribution >= 0.6 is 0 Å². The van der Waals surface area contributed by atoms with Gasteiger partial charge in [-0.1, -0.05) is 6.07 Å². The topological polar surface area (TPSA) is 118 Å². The van der Waals surface area contributed by atoms with Crippen LogP contribution in [0.4, 0.5) is 11.5 Å². The zero-order valence-electron chi connectivity index (χ0n) is 16.4. The van der Waals surface area contributed by atoms with Crippen molar-refractivity contribution in [3.63, 3.8) is 0 Å². The van der Waals surface area contributed by atoms with Crippen molar-refractivity contribution < 1.29 is 22.7 Å². The Kier molecular flexibility index (Phi) is 5.44. The predicted molar refractivity (Wildman–Crippen MR) is 110 cm³/mol. The van der Waals surface area contributed by atoms with E-state index in [-0.39, 0.29) is 29.9 Å². The number of amides is 2. The lowest BCUT2D eigenvalue weighted by Crippen LogP contribution is -2.43. The minimum atomic E-state index is -3.83. The summed E-state index contributed by atoms with van der Waals surface area (Å²) in [5.74, 6) is -0.187. The Balaban J connectivity index is 1.50. The van der Waals surface area contributed by atoms with E-state index in [0.29, 0.717) is 36.6 Å². The quantitative estimate of drug-likeness (QED) is 0.763. The summed E-state index contributed by atoms with van der Waals surface area (Å²) in [5.41, 5.74) is 1.10. The molecule has 0 spiro atoms. The molecular formula is C20H22N4O5S. The van der Waals surface area contributed by atoms with Crippen LogP contribution in [0.5, 0.6) is 5.75 Å². The normalized spacial score (nSPS) is 19.4. The van der Waals surface area contributed by atoms with Gasteiger partial charge in [-0.2, -0.15) is 4.31 Å². The lowest BCUT2D eigenvalue weighted by atomic mass is 9.99. The summed E-state index contributed by atoms with van der Waals surface area (Å²) >= 11 is 0. The van der Waals surface area contributed by atoms with E-state index in [1.54, 1.807) is 12.1 Å². The minimum Gasteiger partial charge on any atom is -0.482 e. The van der Waals surface area contributed by atoms with Crippen molar-refractivity contribution >= 4 is 33.3 Å². The van der Waals surface area contributed by atoms with Crippen LogP contribution in [-0.4, -0.2) is 49.2 Å². The molecule has 1 saturated heterocycles. The molecule has 0 aliphatic carbocycles. The summed E-state index contributed by atoms with van der Waals surface area (Å²) in [6.45, 7) is 2.14. The third kappa shape index (κ3) is 4.14. The maximum atomic E-state index is 13.2. The fourth-order valence-electron chi connectivity index (χ4n) is 3.59. The van der Waals surface area contributed by atoms with Gasteiger partial charge in [0.2, 0.25) is 15.9 Å². The lowest BCUT2D eigenvalue weighted by Gasteiger charge is -2.31. The molecule has 1 atom stereocenters. The maximum Gasteiger partial charge on any atom is 0.262 e. The highest BCUT2D eigenvalue weighted by Gasteiger charge is 2.34. The standard InChI is InChI=1S/C20H22N4O5S/c1-13-4-2-6-18(21-13)23-20(26)14-5-3-9-24(11-14)30(27,28)15-7-8-17-16(10-15)22-19(25)12-29-17/h2,4,6-8,10,14H,3,5,9,11-12H2,1H3,(H,22,25)(H,21,23,26)/t14-/m1/s1. The molecule has 158 valence electrons. The number of sulfonamides is 1. The SMILES string of the molecule is Cc1cccc(NC(=O)[C@@H]2CCCN(S(=O)(=O)c3ccc4c(c3)NC(=O)CO4)C2)n1. The molecule has 30 heavy (non-hydrogen) atoms. The van der Waals surface area contributed by atoms with Gasteiger partial charge in [0.25, 0.3) is 5.91 Å². The molecular weight excluding hydrogens is 408 g/mol. The average molecular weight is 430 g/mol. The van der Waals surface area contributed by atoms with Gasteiger partial charge in [-0.25, -0.2) is 13.4 Å². The number of nitrogens with zero attached hydrogens (tertiary/aromatic N) is 2. The number of carbonyl (C=O) groups is 2. The van der Waals surface area contributed by atoms with Crippen molar-refractivity contribution in [2.24, 2.45) is 5.92 Å². The first-order valence-electron chi connectivity index (χ1n) is 9.64. The van der Waals surface area contributed by atoms with Crippen molar-refractivity contribution in [1.29, 1.82) is 0 Å². The fraction of sp³-hybridized carbons (Fsp3) is 0.350. The van der Waals surface area contributed by atoms with Crippen LogP contribution in [0.15, 0.2) is 41.3 Å². The zero-order valence-corrected chi connectivity index (χ0v) is 17.2. The Labute approximate surface area is 174 Å². The predicted octanol–water partition coefficient (Wildman–Crippen LogP) is 1.76. The largest absolute Gasteiger partial charge is 0.482 e. The molecule has 1 fully saturated rings. The van der Waals surface area contributed by atoms with Crippen molar-refractivity contribution in [2.45, 2.75) is 24.7 Å². The van der Waals surface area contributed by atoms with Gasteiger partial charge < -0.3 is 15.4 Å². The molecule has 9 nitrogen and oxygen atoms in total. The molecule has 3 heterocycles. The average Bonchev–Trinajstić information content (AvgIpc) is 2.73. The molecule has 2 aliphatic heterocycles. The van der Waals surface area contributed by atoms with E-state index in [4.69, 9.17) is 4.74 Å². The Bertz CT molecular complexity index is 1100. The van der Waals surface area contributed by atoms with Crippen molar-refractivity contribution in [2.75, 3.05) is 30.3 Å². The first-order valence-corrected chi connectivity index (χ1v) is 11.1. The highest BCUT2D eigenvalue weighted by atomic mass is 32.2. The third-order valence-corrected chi connectivity index (χ3v) is 6.98. The molecule has 1 aromatic heterocycles. The van der Waals surface area contributed by atoms with E-state index in [9.17, 15) is 18.0 Å². The van der Waals surface area contributed by atoms with Gasteiger partial charge in [0.05, 0.1) is 16.5 Å². The minimum absolute atomic E-state index is 0.0495. The van der Waals surface area contributed by atoms with Crippen molar-refractivity contribution in [3.8, 4) is 5.75 Å². The molecule has 0 bridgehead atoms. The van der Waals surface area contributed by atoms with Crippen LogP contribution in [0.2, 0.25) is 0 Å². The van der Waals surface area contributed by atoms with Crippen LogP contribution in [0, 0.1) is 12.8 Å². The fourth-order valence-corrected chi connectivity index (χ4v) is 5.14. The molecule has 2 aromatic rings. The number of piperidine rings is 1. The number of aromatic nitrogens is 1. The van der Waals surface area contributed by atoms with E-state index in [0.717, 1.165) is 5.69 Å². The number of rotatable bonds is 4. The number of benzene rings is 1. The third-order valence-electron chi connectivity index (χ3n) is 5.12. The monoisotopic (exact) mass is 430 g/mol. The molecule has 10 heteroatoms. The first kappa shape index (κ1) is 20.3. The molecule has 0 unspecified atom stereocenters. The Morgan fingerprint density at radius 1 is 1.30 bits per heavy atom. The van der Waals surface area contributed by atoms with E-state index >= 15 is 0 Å². The zero-order chi connectivity index (χ0) is 21.3. The molecule has 2 N–H and O–H groups in total. The van der Waals surface area contributed by atoms with Gasteiger partial charge in [-0.05, 0) is 50.1 Å². The highest BCUT2D eigenvalue weighted by Crippen LogP contribution is 2.32. The second-order valence-electron chi connectivity index (χ2n) is 7.35. The highest BCUT2D eigenvalue weighted by molar-refractivity contribution is 7.89. The number of carbonyl (C=O) groups excluding carboxylic acids is 2. The van der Waals surface area contributed by atoms with Crippen LogP contribution in [-0.2, 0) is 19.6 Å². The van der Waals surface area contributed by atoms with E-state index < -0.39 is 15.9 Å². The second kappa shape index (κ2) is 8.04. The van der Waals surface area contributed by atoms with Crippen LogP contribution in [0.1, 0.15) is 18.5 Å². The summed E-state index contributed by atoms with van der Waals surface area (Å²) < 4.78 is 32.9.